The van der Waals surface area contributed by atoms with Crippen LogP contribution in [0.15, 0.2) is 49.3 Å². The second-order valence-corrected chi connectivity index (χ2v) is 8.03. The highest BCUT2D eigenvalue weighted by molar-refractivity contribution is 6.03. The van der Waals surface area contributed by atoms with Crippen molar-refractivity contribution in [2.75, 3.05) is 50.1 Å². The van der Waals surface area contributed by atoms with E-state index in [0.717, 1.165) is 39.3 Å². The van der Waals surface area contributed by atoms with Gasteiger partial charge in [0.05, 0.1) is 31.0 Å². The number of amides is 1. The van der Waals surface area contributed by atoms with E-state index in [1.165, 1.54) is 18.5 Å². The summed E-state index contributed by atoms with van der Waals surface area (Å²) in [5.41, 5.74) is 2.36. The molecule has 1 aliphatic rings. The highest BCUT2D eigenvalue weighted by Crippen LogP contribution is 2.33. The fourth-order valence-corrected chi connectivity index (χ4v) is 3.74. The van der Waals surface area contributed by atoms with Gasteiger partial charge in [-0.15, -0.1) is 0 Å². The first-order chi connectivity index (χ1) is 16.5. The lowest BCUT2D eigenvalue weighted by Gasteiger charge is -2.26. The predicted molar refractivity (Wildman–Crippen MR) is 130 cm³/mol. The summed E-state index contributed by atoms with van der Waals surface area (Å²) >= 11 is 0. The average Bonchev–Trinajstić information content (AvgIpc) is 2.85. The molecule has 9 heteroatoms. The molecule has 1 aromatic heterocycles. The van der Waals surface area contributed by atoms with E-state index in [4.69, 9.17) is 9.47 Å². The van der Waals surface area contributed by atoms with Gasteiger partial charge in [0.1, 0.15) is 23.7 Å². The number of fused-ring (bicyclic) bond motifs is 1. The van der Waals surface area contributed by atoms with Crippen LogP contribution in [0.1, 0.15) is 12.0 Å². The maximum atomic E-state index is 13.7. The van der Waals surface area contributed by atoms with Gasteiger partial charge in [0, 0.05) is 36.8 Å². The zero-order valence-electron chi connectivity index (χ0n) is 19.1. The van der Waals surface area contributed by atoms with Gasteiger partial charge < -0.3 is 20.1 Å². The molecule has 0 unspecified atom stereocenters. The normalized spacial score (nSPS) is 14.1. The van der Waals surface area contributed by atoms with Crippen molar-refractivity contribution in [2.24, 2.45) is 0 Å². The highest BCUT2D eigenvalue weighted by atomic mass is 19.1. The zero-order chi connectivity index (χ0) is 23.9. The summed E-state index contributed by atoms with van der Waals surface area (Å²) in [5, 5.41) is 6.70. The van der Waals surface area contributed by atoms with Crippen LogP contribution in [-0.4, -0.2) is 60.2 Å². The molecule has 0 bridgehead atoms. The number of anilines is 3. The number of ether oxygens (including phenoxy) is 2. The number of nitrogens with one attached hydrogen (secondary N) is 2. The summed E-state index contributed by atoms with van der Waals surface area (Å²) in [4.78, 5) is 23.1. The van der Waals surface area contributed by atoms with E-state index in [-0.39, 0.29) is 11.7 Å². The molecule has 0 radical (unpaired) electrons. The lowest BCUT2D eigenvalue weighted by molar-refractivity contribution is -0.111. The zero-order valence-corrected chi connectivity index (χ0v) is 19.1. The molecule has 0 spiro atoms. The molecule has 0 aliphatic carbocycles. The highest BCUT2D eigenvalue weighted by Gasteiger charge is 2.14. The van der Waals surface area contributed by atoms with Crippen LogP contribution in [0.25, 0.3) is 10.9 Å². The second-order valence-electron chi connectivity index (χ2n) is 8.03. The molecule has 178 valence electrons. The van der Waals surface area contributed by atoms with Gasteiger partial charge in [0.2, 0.25) is 5.91 Å². The summed E-state index contributed by atoms with van der Waals surface area (Å²) in [7, 11) is 0. The molecular formula is C25H28FN5O3. The minimum Gasteiger partial charge on any atom is -0.491 e. The molecule has 1 fully saturated rings. The van der Waals surface area contributed by atoms with Crippen LogP contribution >= 0.6 is 0 Å². The van der Waals surface area contributed by atoms with Gasteiger partial charge >= 0.3 is 0 Å². The van der Waals surface area contributed by atoms with Crippen molar-refractivity contribution >= 4 is 34.0 Å². The van der Waals surface area contributed by atoms with Crippen molar-refractivity contribution < 1.29 is 18.7 Å². The van der Waals surface area contributed by atoms with Crippen molar-refractivity contribution in [3.05, 3.63) is 60.7 Å². The smallest absolute Gasteiger partial charge is 0.247 e. The Bertz CT molecular complexity index is 1180. The Kier molecular flexibility index (Phi) is 7.66. The van der Waals surface area contributed by atoms with Crippen LogP contribution < -0.4 is 15.4 Å². The Labute approximate surface area is 197 Å². The van der Waals surface area contributed by atoms with E-state index in [9.17, 15) is 9.18 Å². The number of carbonyl (C=O) groups excluding carboxylic acids is 1. The minimum absolute atomic E-state index is 0.275. The lowest BCUT2D eigenvalue weighted by atomic mass is 10.1. The molecule has 1 saturated heterocycles. The Hall–Kier alpha value is -3.56. The molecule has 8 nitrogen and oxygen atoms in total. The van der Waals surface area contributed by atoms with Crippen LogP contribution in [0.3, 0.4) is 0 Å². The average molecular weight is 466 g/mol. The van der Waals surface area contributed by atoms with Gasteiger partial charge in [-0.05, 0) is 49.2 Å². The molecule has 1 amide bonds. The molecule has 2 heterocycles. The molecule has 34 heavy (non-hydrogen) atoms. The largest absolute Gasteiger partial charge is 0.491 e. The quantitative estimate of drug-likeness (QED) is 0.364. The lowest BCUT2D eigenvalue weighted by Crippen LogP contribution is -2.37. The third-order valence-corrected chi connectivity index (χ3v) is 5.58. The monoisotopic (exact) mass is 465 g/mol. The number of nitrogens with zero attached hydrogens (tertiary/aromatic N) is 3. The van der Waals surface area contributed by atoms with Crippen molar-refractivity contribution in [1.29, 1.82) is 0 Å². The predicted octanol–water partition coefficient (Wildman–Crippen LogP) is 4.05. The first-order valence-electron chi connectivity index (χ1n) is 11.2. The van der Waals surface area contributed by atoms with E-state index in [2.05, 4.69) is 32.1 Å². The fraction of sp³-hybridized carbons (Fsp3) is 0.320. The number of carbonyl (C=O) groups is 1. The first-order valence-corrected chi connectivity index (χ1v) is 11.2. The maximum absolute atomic E-state index is 13.7. The van der Waals surface area contributed by atoms with Gasteiger partial charge in [-0.1, -0.05) is 6.58 Å². The molecular weight excluding hydrogens is 437 g/mol. The third kappa shape index (κ3) is 5.86. The van der Waals surface area contributed by atoms with Gasteiger partial charge in [-0.2, -0.15) is 0 Å². The minimum atomic E-state index is -0.349. The summed E-state index contributed by atoms with van der Waals surface area (Å²) in [5.74, 6) is 0.428. The van der Waals surface area contributed by atoms with Crippen molar-refractivity contribution in [1.82, 2.24) is 14.9 Å². The standard InChI is InChI=1S/C25H28FN5O3/c1-3-24(32)30-22-14-19-21(15-23(22)34-10-4-7-31-8-11-33-12-9-31)27-16-28-25(19)29-18-5-6-20(26)17(2)13-18/h3,5-6,13-16H,1,4,7-12H2,2H3,(H,30,32)(H,27,28,29). The number of benzene rings is 2. The SMILES string of the molecule is C=CC(=O)Nc1cc2c(Nc3ccc(F)c(C)c3)ncnc2cc1OCCCN1CCOCC1. The molecule has 0 saturated carbocycles. The van der Waals surface area contributed by atoms with E-state index in [1.807, 2.05) is 0 Å². The van der Waals surface area contributed by atoms with E-state index >= 15 is 0 Å². The summed E-state index contributed by atoms with van der Waals surface area (Å²) in [6.45, 7) is 10.0. The van der Waals surface area contributed by atoms with Crippen LogP contribution in [-0.2, 0) is 9.53 Å². The van der Waals surface area contributed by atoms with Crippen LogP contribution in [0.4, 0.5) is 21.6 Å². The second kappa shape index (κ2) is 11.0. The van der Waals surface area contributed by atoms with E-state index < -0.39 is 0 Å². The Morgan fingerprint density at radius 2 is 2.09 bits per heavy atom. The first kappa shape index (κ1) is 23.6. The fourth-order valence-electron chi connectivity index (χ4n) is 3.74. The number of hydrogen-bond donors (Lipinski definition) is 2. The van der Waals surface area contributed by atoms with Crippen LogP contribution in [0.2, 0.25) is 0 Å². The molecule has 2 N–H and O–H groups in total. The summed E-state index contributed by atoms with van der Waals surface area (Å²) in [6.07, 6.45) is 3.49. The summed E-state index contributed by atoms with van der Waals surface area (Å²) < 4.78 is 25.1. The van der Waals surface area contributed by atoms with Gasteiger partial charge in [0.25, 0.3) is 0 Å². The van der Waals surface area contributed by atoms with Crippen LogP contribution in [0.5, 0.6) is 5.75 Å². The Morgan fingerprint density at radius 1 is 1.26 bits per heavy atom. The van der Waals surface area contributed by atoms with Gasteiger partial charge in [-0.3, -0.25) is 9.69 Å². The maximum Gasteiger partial charge on any atom is 0.247 e. The third-order valence-electron chi connectivity index (χ3n) is 5.58. The van der Waals surface area contributed by atoms with Gasteiger partial charge in [0.15, 0.2) is 0 Å². The Balaban J connectivity index is 1.56. The molecule has 0 atom stereocenters. The van der Waals surface area contributed by atoms with E-state index in [0.29, 0.717) is 46.0 Å². The Morgan fingerprint density at radius 3 is 2.85 bits per heavy atom. The van der Waals surface area contributed by atoms with Crippen molar-refractivity contribution in [2.45, 2.75) is 13.3 Å². The van der Waals surface area contributed by atoms with Crippen LogP contribution in [0, 0.1) is 12.7 Å². The topological polar surface area (TPSA) is 88.6 Å². The summed E-state index contributed by atoms with van der Waals surface area (Å²) in [6, 6.07) is 8.30. The van der Waals surface area contributed by atoms with E-state index in [1.54, 1.807) is 31.2 Å². The number of halogens is 1. The molecule has 2 aromatic carbocycles. The number of aryl methyl sites for hydroxylation is 1. The van der Waals surface area contributed by atoms with Crippen molar-refractivity contribution in [3.8, 4) is 5.75 Å². The molecule has 4 rings (SSSR count). The molecule has 3 aromatic rings. The van der Waals surface area contributed by atoms with Crippen molar-refractivity contribution in [3.63, 3.8) is 0 Å². The van der Waals surface area contributed by atoms with Gasteiger partial charge in [-0.25, -0.2) is 14.4 Å². The number of hydrogen-bond acceptors (Lipinski definition) is 7. The molecule has 1 aliphatic heterocycles. The number of rotatable bonds is 9. The number of morpholine rings is 1. The number of aromatic nitrogens is 2.